The van der Waals surface area contributed by atoms with Gasteiger partial charge >= 0.3 is 0 Å². The van der Waals surface area contributed by atoms with Gasteiger partial charge in [0.05, 0.1) is 5.71 Å². The minimum absolute atomic E-state index is 0.0459. The highest BCUT2D eigenvalue weighted by molar-refractivity contribution is 6.04. The molecular formula is C23H41N3. The molecule has 26 heavy (non-hydrogen) atoms. The van der Waals surface area contributed by atoms with Crippen LogP contribution in [0.3, 0.4) is 0 Å². The summed E-state index contributed by atoms with van der Waals surface area (Å²) in [6.45, 7) is 13.5. The SMILES string of the molecule is C=C=CC(C)C(=C/C)/C(=N\N(C)C1CCCCCCC1)C(C)(C)CNC. The fraction of sp³-hybridized carbons (Fsp3) is 0.739. The summed E-state index contributed by atoms with van der Waals surface area (Å²) in [5.41, 5.74) is 5.36. The molecule has 1 unspecified atom stereocenters. The number of hydrazone groups is 1. The standard InChI is InChI=1S/C23H41N3/c1-8-15-19(3)21(9-2)22(23(4,5)18-24-6)25-26(7)20-16-13-11-10-12-14-17-20/h9,15,19-20,24H,1,10-14,16-18H2,2-7H3/b21-9-,25-22+. The van der Waals surface area contributed by atoms with Crippen molar-refractivity contribution in [2.24, 2.45) is 16.4 Å². The van der Waals surface area contributed by atoms with Crippen molar-refractivity contribution in [2.45, 2.75) is 78.7 Å². The first-order valence-electron chi connectivity index (χ1n) is 10.4. The third-order valence-corrected chi connectivity index (χ3v) is 5.56. The van der Waals surface area contributed by atoms with Gasteiger partial charge in [0.1, 0.15) is 0 Å². The number of nitrogens with one attached hydrogen (secondary N) is 1. The molecule has 0 aromatic rings. The molecule has 0 spiro atoms. The van der Waals surface area contributed by atoms with E-state index >= 15 is 0 Å². The van der Waals surface area contributed by atoms with Crippen molar-refractivity contribution in [3.05, 3.63) is 30.0 Å². The largest absolute Gasteiger partial charge is 0.319 e. The van der Waals surface area contributed by atoms with Gasteiger partial charge in [-0.05, 0) is 38.5 Å². The molecule has 0 saturated heterocycles. The van der Waals surface area contributed by atoms with Crippen molar-refractivity contribution in [2.75, 3.05) is 20.6 Å². The van der Waals surface area contributed by atoms with Crippen LogP contribution in [0, 0.1) is 11.3 Å². The number of hydrogen-bond acceptors (Lipinski definition) is 3. The lowest BCUT2D eigenvalue weighted by molar-refractivity contribution is 0.208. The smallest absolute Gasteiger partial charge is 0.0708 e. The van der Waals surface area contributed by atoms with Crippen LogP contribution in [-0.4, -0.2) is 37.4 Å². The Morgan fingerprint density at radius 2 is 1.85 bits per heavy atom. The zero-order valence-electron chi connectivity index (χ0n) is 18.1. The van der Waals surface area contributed by atoms with Crippen LogP contribution < -0.4 is 5.32 Å². The van der Waals surface area contributed by atoms with Gasteiger partial charge in [0.15, 0.2) is 0 Å². The Kier molecular flexibility index (Phi) is 9.98. The van der Waals surface area contributed by atoms with E-state index in [9.17, 15) is 0 Å². The van der Waals surface area contributed by atoms with E-state index in [2.05, 4.69) is 63.5 Å². The van der Waals surface area contributed by atoms with E-state index in [4.69, 9.17) is 5.10 Å². The van der Waals surface area contributed by atoms with E-state index in [-0.39, 0.29) is 11.3 Å². The zero-order valence-corrected chi connectivity index (χ0v) is 18.1. The first kappa shape index (κ1) is 22.7. The maximum atomic E-state index is 5.21. The number of hydrogen-bond donors (Lipinski definition) is 1. The molecule has 3 nitrogen and oxygen atoms in total. The Hall–Kier alpha value is -1.31. The molecule has 1 N–H and O–H groups in total. The Bertz CT molecular complexity index is 516. The minimum atomic E-state index is -0.0459. The number of nitrogens with zero attached hydrogens (tertiary/aromatic N) is 2. The van der Waals surface area contributed by atoms with Gasteiger partial charge in [-0.25, -0.2) is 0 Å². The maximum absolute atomic E-state index is 5.21. The Labute approximate surface area is 162 Å². The maximum Gasteiger partial charge on any atom is 0.0708 e. The average Bonchev–Trinajstić information content (AvgIpc) is 2.54. The lowest BCUT2D eigenvalue weighted by atomic mass is 9.79. The van der Waals surface area contributed by atoms with E-state index in [1.165, 1.54) is 56.2 Å². The second-order valence-corrected chi connectivity index (χ2v) is 8.34. The summed E-state index contributed by atoms with van der Waals surface area (Å²) in [6, 6.07) is 0.555. The topological polar surface area (TPSA) is 27.6 Å². The first-order valence-corrected chi connectivity index (χ1v) is 10.4. The number of allylic oxidation sites excluding steroid dienone is 3. The quantitative estimate of drug-likeness (QED) is 0.349. The summed E-state index contributed by atoms with van der Waals surface area (Å²) in [5.74, 6) is 0.262. The van der Waals surface area contributed by atoms with Crippen LogP contribution in [0.1, 0.15) is 72.6 Å². The molecule has 0 heterocycles. The molecule has 1 atom stereocenters. The Morgan fingerprint density at radius 3 is 2.35 bits per heavy atom. The van der Waals surface area contributed by atoms with Crippen molar-refractivity contribution < 1.29 is 0 Å². The van der Waals surface area contributed by atoms with E-state index in [0.29, 0.717) is 6.04 Å². The second-order valence-electron chi connectivity index (χ2n) is 8.34. The Balaban J connectivity index is 3.20. The highest BCUT2D eigenvalue weighted by atomic mass is 15.5. The molecule has 1 aliphatic carbocycles. The van der Waals surface area contributed by atoms with Crippen molar-refractivity contribution in [3.8, 4) is 0 Å². The summed E-state index contributed by atoms with van der Waals surface area (Å²) in [6.07, 6.45) is 13.5. The monoisotopic (exact) mass is 359 g/mol. The van der Waals surface area contributed by atoms with Crippen LogP contribution in [0.2, 0.25) is 0 Å². The van der Waals surface area contributed by atoms with Crippen molar-refractivity contribution in [1.82, 2.24) is 10.3 Å². The molecule has 1 fully saturated rings. The second kappa shape index (κ2) is 11.4. The lowest BCUT2D eigenvalue weighted by Crippen LogP contribution is -2.39. The molecule has 1 aliphatic rings. The average molecular weight is 360 g/mol. The number of rotatable bonds is 8. The van der Waals surface area contributed by atoms with Gasteiger partial charge in [0.2, 0.25) is 0 Å². The summed E-state index contributed by atoms with van der Waals surface area (Å²) >= 11 is 0. The predicted octanol–water partition coefficient (Wildman–Crippen LogP) is 5.56. The highest BCUT2D eigenvalue weighted by Crippen LogP contribution is 2.29. The third kappa shape index (κ3) is 6.78. The predicted molar refractivity (Wildman–Crippen MR) is 116 cm³/mol. The molecule has 148 valence electrons. The lowest BCUT2D eigenvalue weighted by Gasteiger charge is -2.34. The minimum Gasteiger partial charge on any atom is -0.319 e. The summed E-state index contributed by atoms with van der Waals surface area (Å²) in [4.78, 5) is 0. The van der Waals surface area contributed by atoms with Gasteiger partial charge < -0.3 is 5.32 Å². The van der Waals surface area contributed by atoms with Crippen molar-refractivity contribution >= 4 is 5.71 Å². The van der Waals surface area contributed by atoms with Crippen LogP contribution in [0.5, 0.6) is 0 Å². The first-order chi connectivity index (χ1) is 12.4. The van der Waals surface area contributed by atoms with Gasteiger partial charge in [0.25, 0.3) is 0 Å². The normalized spacial score (nSPS) is 19.3. The Morgan fingerprint density at radius 1 is 1.27 bits per heavy atom. The van der Waals surface area contributed by atoms with Gasteiger partial charge in [0, 0.05) is 31.0 Å². The molecule has 3 heteroatoms. The van der Waals surface area contributed by atoms with Gasteiger partial charge in [-0.15, -0.1) is 5.73 Å². The molecular weight excluding hydrogens is 318 g/mol. The van der Waals surface area contributed by atoms with Crippen LogP contribution in [0.25, 0.3) is 0 Å². The van der Waals surface area contributed by atoms with E-state index < -0.39 is 0 Å². The van der Waals surface area contributed by atoms with Crippen molar-refractivity contribution in [1.29, 1.82) is 0 Å². The van der Waals surface area contributed by atoms with E-state index in [0.717, 1.165) is 6.54 Å². The zero-order chi connectivity index (χ0) is 19.6. The van der Waals surface area contributed by atoms with E-state index in [1.54, 1.807) is 0 Å². The van der Waals surface area contributed by atoms with Crippen LogP contribution in [0.15, 0.2) is 35.1 Å². The molecule has 0 amide bonds. The summed E-state index contributed by atoms with van der Waals surface area (Å²) < 4.78 is 0. The fourth-order valence-corrected chi connectivity index (χ4v) is 4.04. The third-order valence-electron chi connectivity index (χ3n) is 5.56. The van der Waals surface area contributed by atoms with Crippen LogP contribution in [0.4, 0.5) is 0 Å². The molecule has 1 rings (SSSR count). The van der Waals surface area contributed by atoms with Crippen LogP contribution in [-0.2, 0) is 0 Å². The molecule has 0 aliphatic heterocycles. The molecule has 0 radical (unpaired) electrons. The van der Waals surface area contributed by atoms with Gasteiger partial charge in [-0.2, -0.15) is 5.10 Å². The molecule has 0 bridgehead atoms. The van der Waals surface area contributed by atoms with Gasteiger partial charge in [-0.1, -0.05) is 65.5 Å². The summed E-state index contributed by atoms with van der Waals surface area (Å²) in [5, 5.41) is 10.8. The highest BCUT2D eigenvalue weighted by Gasteiger charge is 2.30. The molecule has 1 saturated carbocycles. The molecule has 0 aromatic carbocycles. The summed E-state index contributed by atoms with van der Waals surface area (Å²) in [7, 11) is 4.18. The van der Waals surface area contributed by atoms with Gasteiger partial charge in [-0.3, -0.25) is 5.01 Å². The molecule has 0 aromatic heterocycles. The fourth-order valence-electron chi connectivity index (χ4n) is 4.04. The van der Waals surface area contributed by atoms with Crippen molar-refractivity contribution in [3.63, 3.8) is 0 Å². The van der Waals surface area contributed by atoms with Crippen LogP contribution >= 0.6 is 0 Å². The van der Waals surface area contributed by atoms with E-state index in [1.807, 2.05) is 13.1 Å².